The summed E-state index contributed by atoms with van der Waals surface area (Å²) in [4.78, 5) is 18.5. The van der Waals surface area contributed by atoms with Crippen LogP contribution < -0.4 is 21.3 Å². The van der Waals surface area contributed by atoms with Crippen molar-refractivity contribution in [3.05, 3.63) is 35.5 Å². The molecule has 4 N–H and O–H groups in total. The minimum atomic E-state index is 0.186. The number of rotatable bonds is 6. The molecule has 0 aliphatic heterocycles. The van der Waals surface area contributed by atoms with Gasteiger partial charge in [0.05, 0.1) is 5.52 Å². The molecule has 0 unspecified atom stereocenters. The topological polar surface area (TPSA) is 105 Å². The standard InChI is InChI=1S/C16H19ClN8/c1-25(2)16-23-14(18)22-15(24-16)21-8-7-20-12-5-6-19-13-9-10(17)3-4-11(12)13/h3-6,9H,7-8H2,1-2H3,(H,19,20)(H3,18,21,22,23,24). The number of fused-ring (bicyclic) bond motifs is 1. The Morgan fingerprint density at radius 1 is 1.08 bits per heavy atom. The first-order valence-corrected chi connectivity index (χ1v) is 8.11. The Bertz CT molecular complexity index is 883. The fraction of sp³-hybridized carbons (Fsp3) is 0.250. The van der Waals surface area contributed by atoms with Crippen LogP contribution in [0.25, 0.3) is 10.9 Å². The van der Waals surface area contributed by atoms with E-state index in [0.717, 1.165) is 16.6 Å². The van der Waals surface area contributed by atoms with E-state index in [1.165, 1.54) is 0 Å². The van der Waals surface area contributed by atoms with Crippen LogP contribution in [0.2, 0.25) is 5.02 Å². The molecule has 1 aromatic carbocycles. The highest BCUT2D eigenvalue weighted by Crippen LogP contribution is 2.24. The maximum atomic E-state index is 6.01. The number of aromatic nitrogens is 4. The van der Waals surface area contributed by atoms with Gasteiger partial charge in [-0.05, 0) is 24.3 Å². The van der Waals surface area contributed by atoms with E-state index < -0.39 is 0 Å². The summed E-state index contributed by atoms with van der Waals surface area (Å²) in [7, 11) is 3.70. The Morgan fingerprint density at radius 2 is 1.88 bits per heavy atom. The first kappa shape index (κ1) is 17.0. The minimum Gasteiger partial charge on any atom is -0.383 e. The molecule has 0 aliphatic rings. The Hall–Kier alpha value is -2.87. The monoisotopic (exact) mass is 358 g/mol. The Kier molecular flexibility index (Phi) is 4.99. The van der Waals surface area contributed by atoms with Crippen molar-refractivity contribution in [3.63, 3.8) is 0 Å². The van der Waals surface area contributed by atoms with Crippen LogP contribution in [0, 0.1) is 0 Å². The molecule has 8 nitrogen and oxygen atoms in total. The first-order chi connectivity index (χ1) is 12.0. The average molecular weight is 359 g/mol. The van der Waals surface area contributed by atoms with Gasteiger partial charge >= 0.3 is 0 Å². The van der Waals surface area contributed by atoms with Gasteiger partial charge in [-0.1, -0.05) is 11.6 Å². The number of benzene rings is 1. The second-order valence-electron chi connectivity index (χ2n) is 5.59. The Labute approximate surface area is 150 Å². The zero-order valence-corrected chi connectivity index (χ0v) is 14.7. The molecular weight excluding hydrogens is 340 g/mol. The molecule has 0 bridgehead atoms. The van der Waals surface area contributed by atoms with Gasteiger partial charge in [0.25, 0.3) is 0 Å². The molecule has 0 saturated carbocycles. The number of nitrogens with two attached hydrogens (primary N) is 1. The molecule has 3 rings (SSSR count). The van der Waals surface area contributed by atoms with Crippen LogP contribution in [-0.2, 0) is 0 Å². The lowest BCUT2D eigenvalue weighted by atomic mass is 10.2. The van der Waals surface area contributed by atoms with Crippen molar-refractivity contribution >= 4 is 46.0 Å². The second kappa shape index (κ2) is 7.35. The molecule has 130 valence electrons. The molecule has 0 fully saturated rings. The van der Waals surface area contributed by atoms with Crippen LogP contribution in [0.4, 0.5) is 23.5 Å². The Balaban J connectivity index is 1.63. The van der Waals surface area contributed by atoms with Gasteiger partial charge in [-0.3, -0.25) is 4.98 Å². The van der Waals surface area contributed by atoms with Crippen LogP contribution >= 0.6 is 11.6 Å². The van der Waals surface area contributed by atoms with E-state index in [-0.39, 0.29) is 5.95 Å². The largest absolute Gasteiger partial charge is 0.383 e. The van der Waals surface area contributed by atoms with Gasteiger partial charge in [0.15, 0.2) is 0 Å². The van der Waals surface area contributed by atoms with Gasteiger partial charge in [-0.15, -0.1) is 0 Å². The molecule has 0 atom stereocenters. The molecule has 0 radical (unpaired) electrons. The zero-order valence-electron chi connectivity index (χ0n) is 14.0. The number of hydrogen-bond acceptors (Lipinski definition) is 8. The van der Waals surface area contributed by atoms with Crippen LogP contribution in [0.15, 0.2) is 30.5 Å². The van der Waals surface area contributed by atoms with Gasteiger partial charge < -0.3 is 21.3 Å². The fourth-order valence-corrected chi connectivity index (χ4v) is 2.47. The van der Waals surface area contributed by atoms with Crippen LogP contribution in [-0.4, -0.2) is 47.1 Å². The van der Waals surface area contributed by atoms with E-state index in [4.69, 9.17) is 17.3 Å². The molecule has 25 heavy (non-hydrogen) atoms. The second-order valence-corrected chi connectivity index (χ2v) is 6.02. The summed E-state index contributed by atoms with van der Waals surface area (Å²) in [6.07, 6.45) is 1.75. The van der Waals surface area contributed by atoms with E-state index in [9.17, 15) is 0 Å². The van der Waals surface area contributed by atoms with Crippen molar-refractivity contribution in [2.24, 2.45) is 0 Å². The number of anilines is 4. The van der Waals surface area contributed by atoms with Crippen LogP contribution in [0.3, 0.4) is 0 Å². The van der Waals surface area contributed by atoms with Gasteiger partial charge in [0, 0.05) is 49.5 Å². The molecule has 0 spiro atoms. The summed E-state index contributed by atoms with van der Waals surface area (Å²) < 4.78 is 0. The van der Waals surface area contributed by atoms with Crippen molar-refractivity contribution in [1.82, 2.24) is 19.9 Å². The van der Waals surface area contributed by atoms with Crippen molar-refractivity contribution < 1.29 is 0 Å². The highest BCUT2D eigenvalue weighted by atomic mass is 35.5. The SMILES string of the molecule is CN(C)c1nc(N)nc(NCCNc2ccnc3cc(Cl)ccc23)n1. The third-order valence-corrected chi connectivity index (χ3v) is 3.70. The summed E-state index contributed by atoms with van der Waals surface area (Å²) in [6.45, 7) is 1.29. The molecular formula is C16H19ClN8. The predicted octanol–water partition coefficient (Wildman–Crippen LogP) is 2.25. The molecule has 3 aromatic rings. The number of nitrogens with zero attached hydrogens (tertiary/aromatic N) is 5. The third-order valence-electron chi connectivity index (χ3n) is 3.47. The van der Waals surface area contributed by atoms with Gasteiger partial charge in [0.1, 0.15) is 0 Å². The normalized spacial score (nSPS) is 10.7. The molecule has 0 saturated heterocycles. The number of nitrogens with one attached hydrogen (secondary N) is 2. The average Bonchev–Trinajstić information content (AvgIpc) is 2.58. The van der Waals surface area contributed by atoms with Crippen molar-refractivity contribution in [1.29, 1.82) is 0 Å². The summed E-state index contributed by atoms with van der Waals surface area (Å²) in [5, 5.41) is 8.20. The summed E-state index contributed by atoms with van der Waals surface area (Å²) in [5.41, 5.74) is 7.55. The maximum Gasteiger partial charge on any atom is 0.231 e. The van der Waals surface area contributed by atoms with E-state index in [1.807, 2.05) is 38.4 Å². The van der Waals surface area contributed by atoms with Crippen molar-refractivity contribution in [2.75, 3.05) is 48.5 Å². The molecule has 0 amide bonds. The lowest BCUT2D eigenvalue weighted by Gasteiger charge is -2.13. The predicted molar refractivity (Wildman–Crippen MR) is 102 cm³/mol. The maximum absolute atomic E-state index is 6.01. The van der Waals surface area contributed by atoms with Crippen LogP contribution in [0.5, 0.6) is 0 Å². The minimum absolute atomic E-state index is 0.186. The van der Waals surface area contributed by atoms with Gasteiger partial charge in [-0.25, -0.2) is 0 Å². The van der Waals surface area contributed by atoms with Gasteiger partial charge in [0.2, 0.25) is 17.8 Å². The van der Waals surface area contributed by atoms with E-state index in [0.29, 0.717) is 30.0 Å². The fourth-order valence-electron chi connectivity index (χ4n) is 2.31. The molecule has 0 aliphatic carbocycles. The lowest BCUT2D eigenvalue weighted by Crippen LogP contribution is -2.19. The zero-order chi connectivity index (χ0) is 17.8. The smallest absolute Gasteiger partial charge is 0.231 e. The molecule has 2 heterocycles. The van der Waals surface area contributed by atoms with Crippen molar-refractivity contribution in [2.45, 2.75) is 0 Å². The first-order valence-electron chi connectivity index (χ1n) is 7.74. The van der Waals surface area contributed by atoms with Crippen LogP contribution in [0.1, 0.15) is 0 Å². The summed E-state index contributed by atoms with van der Waals surface area (Å²) in [6, 6.07) is 7.58. The highest BCUT2D eigenvalue weighted by molar-refractivity contribution is 6.31. The van der Waals surface area contributed by atoms with E-state index in [1.54, 1.807) is 11.1 Å². The molecule has 9 heteroatoms. The van der Waals surface area contributed by atoms with Gasteiger partial charge in [-0.2, -0.15) is 15.0 Å². The van der Waals surface area contributed by atoms with E-state index >= 15 is 0 Å². The summed E-state index contributed by atoms with van der Waals surface area (Å²) >= 11 is 6.01. The lowest BCUT2D eigenvalue weighted by molar-refractivity contribution is 0.948. The number of nitrogen functional groups attached to an aromatic ring is 1. The summed E-state index contributed by atoms with van der Waals surface area (Å²) in [5.74, 6) is 1.15. The number of pyridine rings is 1. The number of halogens is 1. The van der Waals surface area contributed by atoms with E-state index in [2.05, 4.69) is 30.6 Å². The molecule has 2 aromatic heterocycles. The Morgan fingerprint density at radius 3 is 2.68 bits per heavy atom. The quantitative estimate of drug-likeness (QED) is 0.576. The third kappa shape index (κ3) is 4.16. The highest BCUT2D eigenvalue weighted by Gasteiger charge is 2.06. The van der Waals surface area contributed by atoms with Crippen molar-refractivity contribution in [3.8, 4) is 0 Å². The number of hydrogen-bond donors (Lipinski definition) is 3.